The van der Waals surface area contributed by atoms with Gasteiger partial charge in [-0.25, -0.2) is 14.4 Å². The van der Waals surface area contributed by atoms with Gasteiger partial charge < -0.3 is 10.6 Å². The smallest absolute Gasteiger partial charge is 0.254 e. The van der Waals surface area contributed by atoms with Crippen LogP contribution in [0.15, 0.2) is 36.7 Å². The predicted octanol–water partition coefficient (Wildman–Crippen LogP) is 2.37. The van der Waals surface area contributed by atoms with Crippen LogP contribution in [0.5, 0.6) is 0 Å². The number of rotatable bonds is 5. The van der Waals surface area contributed by atoms with Gasteiger partial charge in [-0.1, -0.05) is 18.2 Å². The molecular formula is C15H17FN4O. The van der Waals surface area contributed by atoms with Crippen LogP contribution in [0.1, 0.15) is 29.8 Å². The first kappa shape index (κ1) is 14.9. The average Bonchev–Trinajstić information content (AvgIpc) is 2.46. The summed E-state index contributed by atoms with van der Waals surface area (Å²) in [5.74, 6) is -0.150. The maximum absolute atomic E-state index is 13.5. The maximum Gasteiger partial charge on any atom is 0.254 e. The molecule has 0 saturated heterocycles. The van der Waals surface area contributed by atoms with Crippen LogP contribution in [0.2, 0.25) is 0 Å². The summed E-state index contributed by atoms with van der Waals surface area (Å²) < 4.78 is 13.5. The van der Waals surface area contributed by atoms with Crippen molar-refractivity contribution in [3.63, 3.8) is 0 Å². The first-order valence-electron chi connectivity index (χ1n) is 6.66. The summed E-state index contributed by atoms with van der Waals surface area (Å²) in [7, 11) is 0. The van der Waals surface area contributed by atoms with E-state index in [0.717, 1.165) is 0 Å². The zero-order valence-corrected chi connectivity index (χ0v) is 11.9. The highest BCUT2D eigenvalue weighted by molar-refractivity contribution is 5.93. The molecule has 2 aromatic rings. The Hall–Kier alpha value is -2.50. The van der Waals surface area contributed by atoms with Crippen molar-refractivity contribution in [2.24, 2.45) is 0 Å². The van der Waals surface area contributed by atoms with E-state index in [4.69, 9.17) is 0 Å². The number of hydrogen-bond donors (Lipinski definition) is 2. The lowest BCUT2D eigenvalue weighted by Crippen LogP contribution is -2.30. The molecular weight excluding hydrogens is 271 g/mol. The second kappa shape index (κ2) is 6.78. The second-order valence-electron chi connectivity index (χ2n) is 4.87. The van der Waals surface area contributed by atoms with E-state index in [-0.39, 0.29) is 24.3 Å². The molecule has 0 saturated carbocycles. The monoisotopic (exact) mass is 288 g/mol. The van der Waals surface area contributed by atoms with Crippen LogP contribution in [0.3, 0.4) is 0 Å². The number of aromatic nitrogens is 2. The van der Waals surface area contributed by atoms with E-state index < -0.39 is 0 Å². The topological polar surface area (TPSA) is 66.9 Å². The van der Waals surface area contributed by atoms with Gasteiger partial charge in [0.05, 0.1) is 5.56 Å². The van der Waals surface area contributed by atoms with Gasteiger partial charge in [-0.3, -0.25) is 4.79 Å². The number of anilines is 1. The van der Waals surface area contributed by atoms with Gasteiger partial charge in [-0.2, -0.15) is 0 Å². The summed E-state index contributed by atoms with van der Waals surface area (Å²) in [4.78, 5) is 19.8. The third-order valence-electron chi connectivity index (χ3n) is 2.73. The molecule has 110 valence electrons. The molecule has 0 aliphatic heterocycles. The summed E-state index contributed by atoms with van der Waals surface area (Å²) in [5.41, 5.74) is 0.919. The number of benzene rings is 1. The standard InChI is InChI=1S/C15H17FN4O/c1-10(2)20-14(21)12-8-18-15(19-9-12)17-7-11-5-3-4-6-13(11)16/h3-6,8-10H,7H2,1-2H3,(H,20,21)(H,17,18,19). The second-order valence-corrected chi connectivity index (χ2v) is 4.87. The molecule has 0 fully saturated rings. The fourth-order valence-corrected chi connectivity index (χ4v) is 1.70. The molecule has 0 spiro atoms. The number of carbonyl (C=O) groups excluding carboxylic acids is 1. The first-order valence-corrected chi connectivity index (χ1v) is 6.66. The Bertz CT molecular complexity index is 613. The largest absolute Gasteiger partial charge is 0.350 e. The zero-order valence-electron chi connectivity index (χ0n) is 11.9. The molecule has 2 rings (SSSR count). The zero-order chi connectivity index (χ0) is 15.2. The van der Waals surface area contributed by atoms with Gasteiger partial charge in [0.1, 0.15) is 5.82 Å². The minimum absolute atomic E-state index is 0.0522. The van der Waals surface area contributed by atoms with Gasteiger partial charge in [0, 0.05) is 30.5 Å². The molecule has 5 nitrogen and oxygen atoms in total. The van der Waals surface area contributed by atoms with E-state index >= 15 is 0 Å². The Morgan fingerprint density at radius 3 is 2.52 bits per heavy atom. The molecule has 1 aromatic carbocycles. The summed E-state index contributed by atoms with van der Waals surface area (Å²) in [6, 6.07) is 6.54. The number of nitrogens with zero attached hydrogens (tertiary/aromatic N) is 2. The van der Waals surface area contributed by atoms with E-state index in [9.17, 15) is 9.18 Å². The van der Waals surface area contributed by atoms with E-state index in [1.54, 1.807) is 18.2 Å². The van der Waals surface area contributed by atoms with Crippen molar-refractivity contribution >= 4 is 11.9 Å². The van der Waals surface area contributed by atoms with Crippen molar-refractivity contribution in [2.75, 3.05) is 5.32 Å². The van der Waals surface area contributed by atoms with Crippen molar-refractivity contribution < 1.29 is 9.18 Å². The summed E-state index contributed by atoms with van der Waals surface area (Å²) in [6.45, 7) is 4.04. The summed E-state index contributed by atoms with van der Waals surface area (Å²) in [6.07, 6.45) is 2.88. The lowest BCUT2D eigenvalue weighted by atomic mass is 10.2. The Morgan fingerprint density at radius 1 is 1.24 bits per heavy atom. The van der Waals surface area contributed by atoms with Crippen molar-refractivity contribution in [1.82, 2.24) is 15.3 Å². The molecule has 0 atom stereocenters. The summed E-state index contributed by atoms with van der Waals surface area (Å²) >= 11 is 0. The van der Waals surface area contributed by atoms with Gasteiger partial charge in [0.15, 0.2) is 0 Å². The number of halogens is 1. The van der Waals surface area contributed by atoms with Gasteiger partial charge in [0.2, 0.25) is 5.95 Å². The van der Waals surface area contributed by atoms with E-state index in [1.807, 2.05) is 13.8 Å². The van der Waals surface area contributed by atoms with Crippen molar-refractivity contribution in [3.05, 3.63) is 53.6 Å². The average molecular weight is 288 g/mol. The molecule has 0 unspecified atom stereocenters. The first-order chi connectivity index (χ1) is 10.1. The van der Waals surface area contributed by atoms with E-state index in [2.05, 4.69) is 20.6 Å². The Kier molecular flexibility index (Phi) is 4.81. The fraction of sp³-hybridized carbons (Fsp3) is 0.267. The molecule has 1 amide bonds. The Morgan fingerprint density at radius 2 is 1.90 bits per heavy atom. The molecule has 0 radical (unpaired) electrons. The molecule has 0 bridgehead atoms. The number of amides is 1. The molecule has 21 heavy (non-hydrogen) atoms. The molecule has 2 N–H and O–H groups in total. The lowest BCUT2D eigenvalue weighted by molar-refractivity contribution is 0.0942. The highest BCUT2D eigenvalue weighted by Gasteiger charge is 2.08. The maximum atomic E-state index is 13.5. The van der Waals surface area contributed by atoms with Crippen molar-refractivity contribution in [2.45, 2.75) is 26.4 Å². The van der Waals surface area contributed by atoms with Gasteiger partial charge in [-0.05, 0) is 19.9 Å². The minimum Gasteiger partial charge on any atom is -0.350 e. The number of carbonyl (C=O) groups is 1. The molecule has 1 heterocycles. The SMILES string of the molecule is CC(C)NC(=O)c1cnc(NCc2ccccc2F)nc1. The number of hydrogen-bond acceptors (Lipinski definition) is 4. The van der Waals surface area contributed by atoms with Crippen LogP contribution in [-0.4, -0.2) is 21.9 Å². The van der Waals surface area contributed by atoms with Crippen LogP contribution in [0, 0.1) is 5.82 Å². The Labute approximate surface area is 122 Å². The van der Waals surface area contributed by atoms with Crippen molar-refractivity contribution in [1.29, 1.82) is 0 Å². The minimum atomic E-state index is -0.280. The van der Waals surface area contributed by atoms with Crippen LogP contribution in [0.4, 0.5) is 10.3 Å². The number of nitrogens with one attached hydrogen (secondary N) is 2. The molecule has 0 aliphatic carbocycles. The molecule has 1 aromatic heterocycles. The quantitative estimate of drug-likeness (QED) is 0.886. The Balaban J connectivity index is 1.97. The third kappa shape index (κ3) is 4.24. The van der Waals surface area contributed by atoms with E-state index in [1.165, 1.54) is 18.5 Å². The lowest BCUT2D eigenvalue weighted by Gasteiger charge is -2.09. The fourth-order valence-electron chi connectivity index (χ4n) is 1.70. The van der Waals surface area contributed by atoms with Gasteiger partial charge in [0.25, 0.3) is 5.91 Å². The van der Waals surface area contributed by atoms with Gasteiger partial charge in [-0.15, -0.1) is 0 Å². The van der Waals surface area contributed by atoms with Crippen LogP contribution in [0.25, 0.3) is 0 Å². The van der Waals surface area contributed by atoms with Crippen LogP contribution in [-0.2, 0) is 6.54 Å². The predicted molar refractivity (Wildman–Crippen MR) is 78.4 cm³/mol. The van der Waals surface area contributed by atoms with Crippen LogP contribution < -0.4 is 10.6 Å². The molecule has 6 heteroatoms. The third-order valence-corrected chi connectivity index (χ3v) is 2.73. The van der Waals surface area contributed by atoms with Gasteiger partial charge >= 0.3 is 0 Å². The van der Waals surface area contributed by atoms with Crippen LogP contribution >= 0.6 is 0 Å². The molecule has 0 aliphatic rings. The van der Waals surface area contributed by atoms with E-state index in [0.29, 0.717) is 17.1 Å². The summed E-state index contributed by atoms with van der Waals surface area (Å²) in [5, 5.41) is 5.67. The highest BCUT2D eigenvalue weighted by atomic mass is 19.1. The normalized spacial score (nSPS) is 10.5. The highest BCUT2D eigenvalue weighted by Crippen LogP contribution is 2.08. The van der Waals surface area contributed by atoms with Crippen molar-refractivity contribution in [3.8, 4) is 0 Å².